The SMILES string of the molecule is CCN1CCC(Nc2cc(C3CCCCC3)nc3cc(OCCCN4CCCC4)c(OC)cc23)CC1. The molecule has 3 fully saturated rings. The summed E-state index contributed by atoms with van der Waals surface area (Å²) in [7, 11) is 1.75. The molecule has 0 bridgehead atoms. The number of piperidine rings is 1. The summed E-state index contributed by atoms with van der Waals surface area (Å²) in [5, 5.41) is 5.08. The third-order valence-electron chi connectivity index (χ3n) is 8.61. The summed E-state index contributed by atoms with van der Waals surface area (Å²) in [4.78, 5) is 10.3. The highest BCUT2D eigenvalue weighted by Crippen LogP contribution is 2.39. The molecule has 6 nitrogen and oxygen atoms in total. The van der Waals surface area contributed by atoms with Crippen molar-refractivity contribution in [3.8, 4) is 11.5 Å². The van der Waals surface area contributed by atoms with Gasteiger partial charge in [-0.3, -0.25) is 4.98 Å². The van der Waals surface area contributed by atoms with Gasteiger partial charge >= 0.3 is 0 Å². The quantitative estimate of drug-likeness (QED) is 0.406. The molecule has 5 rings (SSSR count). The Kier molecular flexibility index (Phi) is 8.86. The number of benzene rings is 1. The first-order chi connectivity index (χ1) is 17.7. The first-order valence-corrected chi connectivity index (χ1v) is 14.6. The van der Waals surface area contributed by atoms with E-state index in [4.69, 9.17) is 14.5 Å². The smallest absolute Gasteiger partial charge is 0.163 e. The fourth-order valence-electron chi connectivity index (χ4n) is 6.34. The Hall–Kier alpha value is -2.05. The van der Waals surface area contributed by atoms with Gasteiger partial charge in [0.15, 0.2) is 11.5 Å². The fraction of sp³-hybridized carbons (Fsp3) is 0.700. The van der Waals surface area contributed by atoms with E-state index in [0.29, 0.717) is 18.6 Å². The van der Waals surface area contributed by atoms with E-state index in [-0.39, 0.29) is 0 Å². The van der Waals surface area contributed by atoms with Gasteiger partial charge in [0.2, 0.25) is 0 Å². The minimum Gasteiger partial charge on any atom is -0.493 e. The number of hydrogen-bond donors (Lipinski definition) is 1. The van der Waals surface area contributed by atoms with Crippen molar-refractivity contribution in [3.63, 3.8) is 0 Å². The van der Waals surface area contributed by atoms with E-state index in [1.54, 1.807) is 7.11 Å². The normalized spacial score (nSPS) is 20.7. The van der Waals surface area contributed by atoms with Crippen molar-refractivity contribution < 1.29 is 9.47 Å². The molecular formula is C30H46N4O2. The van der Waals surface area contributed by atoms with E-state index >= 15 is 0 Å². The molecule has 0 amide bonds. The molecule has 1 N–H and O–H groups in total. The van der Waals surface area contributed by atoms with Crippen LogP contribution in [-0.2, 0) is 0 Å². The van der Waals surface area contributed by atoms with Gasteiger partial charge in [-0.1, -0.05) is 26.2 Å². The minimum atomic E-state index is 0.505. The van der Waals surface area contributed by atoms with E-state index in [0.717, 1.165) is 41.9 Å². The number of methoxy groups -OCH3 is 1. The van der Waals surface area contributed by atoms with Crippen molar-refractivity contribution in [1.82, 2.24) is 14.8 Å². The predicted molar refractivity (Wildman–Crippen MR) is 149 cm³/mol. The summed E-state index contributed by atoms with van der Waals surface area (Å²) in [5.41, 5.74) is 3.50. The second-order valence-corrected chi connectivity index (χ2v) is 11.1. The predicted octanol–water partition coefficient (Wildman–Crippen LogP) is 6.05. The van der Waals surface area contributed by atoms with Crippen molar-refractivity contribution >= 4 is 16.6 Å². The van der Waals surface area contributed by atoms with Crippen LogP contribution in [0, 0.1) is 0 Å². The Morgan fingerprint density at radius 2 is 1.67 bits per heavy atom. The van der Waals surface area contributed by atoms with E-state index in [9.17, 15) is 0 Å². The van der Waals surface area contributed by atoms with Gasteiger partial charge in [-0.15, -0.1) is 0 Å². The summed E-state index contributed by atoms with van der Waals surface area (Å²) in [6.07, 6.45) is 12.6. The topological polar surface area (TPSA) is 49.9 Å². The van der Waals surface area contributed by atoms with Gasteiger partial charge < -0.3 is 24.6 Å². The van der Waals surface area contributed by atoms with E-state index in [2.05, 4.69) is 40.2 Å². The van der Waals surface area contributed by atoms with Crippen LogP contribution in [0.4, 0.5) is 5.69 Å². The van der Waals surface area contributed by atoms with Gasteiger partial charge in [-0.05, 0) is 76.7 Å². The number of aromatic nitrogens is 1. The van der Waals surface area contributed by atoms with Crippen LogP contribution in [0.15, 0.2) is 18.2 Å². The Labute approximate surface area is 217 Å². The number of hydrogen-bond acceptors (Lipinski definition) is 6. The average Bonchev–Trinajstić information content (AvgIpc) is 3.45. The van der Waals surface area contributed by atoms with Crippen LogP contribution >= 0.6 is 0 Å². The van der Waals surface area contributed by atoms with E-state index in [1.165, 1.54) is 95.3 Å². The number of fused-ring (bicyclic) bond motifs is 1. The summed E-state index contributed by atoms with van der Waals surface area (Å²) < 4.78 is 12.1. The maximum atomic E-state index is 6.28. The molecule has 2 aromatic rings. The van der Waals surface area contributed by atoms with Crippen LogP contribution in [0.1, 0.15) is 82.7 Å². The molecule has 1 aliphatic carbocycles. The van der Waals surface area contributed by atoms with Gasteiger partial charge in [0.25, 0.3) is 0 Å². The first-order valence-electron chi connectivity index (χ1n) is 14.6. The Balaban J connectivity index is 1.38. The zero-order valence-electron chi connectivity index (χ0n) is 22.6. The molecule has 1 saturated carbocycles. The number of likely N-dealkylation sites (tertiary alicyclic amines) is 2. The lowest BCUT2D eigenvalue weighted by Gasteiger charge is -2.32. The Morgan fingerprint density at radius 3 is 2.39 bits per heavy atom. The molecule has 0 radical (unpaired) electrons. The van der Waals surface area contributed by atoms with Crippen molar-refractivity contribution in [1.29, 1.82) is 0 Å². The molecule has 0 atom stereocenters. The molecule has 2 saturated heterocycles. The monoisotopic (exact) mass is 494 g/mol. The number of nitrogens with zero attached hydrogens (tertiary/aromatic N) is 3. The molecule has 198 valence electrons. The van der Waals surface area contributed by atoms with Crippen molar-refractivity contribution in [3.05, 3.63) is 23.9 Å². The van der Waals surface area contributed by atoms with Crippen LogP contribution in [-0.4, -0.2) is 73.8 Å². The summed E-state index contributed by atoms with van der Waals surface area (Å²) in [5.74, 6) is 2.19. The number of anilines is 1. The molecule has 0 spiro atoms. The molecule has 2 aliphatic heterocycles. The van der Waals surface area contributed by atoms with Gasteiger partial charge in [-0.25, -0.2) is 0 Å². The van der Waals surface area contributed by atoms with Crippen molar-refractivity contribution in [2.45, 2.75) is 83.1 Å². The highest BCUT2D eigenvalue weighted by Gasteiger charge is 2.23. The lowest BCUT2D eigenvalue weighted by Crippen LogP contribution is -2.38. The first kappa shape index (κ1) is 25.6. The molecule has 1 aromatic carbocycles. The van der Waals surface area contributed by atoms with Crippen molar-refractivity contribution in [2.24, 2.45) is 0 Å². The molecule has 36 heavy (non-hydrogen) atoms. The zero-order valence-corrected chi connectivity index (χ0v) is 22.6. The van der Waals surface area contributed by atoms with Crippen LogP contribution in [0.3, 0.4) is 0 Å². The standard InChI is InChI=1S/C30H46N4O2/c1-3-33-17-12-24(13-18-33)31-27-21-26(23-10-5-4-6-11-23)32-28-22-30(29(35-2)20-25(27)28)36-19-9-16-34-14-7-8-15-34/h20-24H,3-19H2,1-2H3,(H,31,32). The highest BCUT2D eigenvalue weighted by molar-refractivity contribution is 5.94. The molecule has 3 aliphatic rings. The van der Waals surface area contributed by atoms with Gasteiger partial charge in [0, 0.05) is 54.4 Å². The largest absolute Gasteiger partial charge is 0.493 e. The number of rotatable bonds is 10. The molecule has 6 heteroatoms. The average molecular weight is 495 g/mol. The molecule has 0 unspecified atom stereocenters. The lowest BCUT2D eigenvalue weighted by atomic mass is 9.86. The van der Waals surface area contributed by atoms with Crippen LogP contribution < -0.4 is 14.8 Å². The van der Waals surface area contributed by atoms with Crippen LogP contribution in [0.2, 0.25) is 0 Å². The zero-order chi connectivity index (χ0) is 24.7. The van der Waals surface area contributed by atoms with E-state index in [1.807, 2.05) is 0 Å². The van der Waals surface area contributed by atoms with Crippen LogP contribution in [0.5, 0.6) is 11.5 Å². The number of nitrogens with one attached hydrogen (secondary N) is 1. The fourth-order valence-corrected chi connectivity index (χ4v) is 6.34. The second-order valence-electron chi connectivity index (χ2n) is 11.1. The van der Waals surface area contributed by atoms with Gasteiger partial charge in [0.05, 0.1) is 19.2 Å². The second kappa shape index (κ2) is 12.5. The Morgan fingerprint density at radius 1 is 0.889 bits per heavy atom. The molecule has 3 heterocycles. The Bertz CT molecular complexity index is 977. The van der Waals surface area contributed by atoms with Gasteiger partial charge in [0.1, 0.15) is 0 Å². The third-order valence-corrected chi connectivity index (χ3v) is 8.61. The summed E-state index contributed by atoms with van der Waals surface area (Å²) in [6, 6.07) is 7.12. The lowest BCUT2D eigenvalue weighted by molar-refractivity contribution is 0.229. The number of pyridine rings is 1. The van der Waals surface area contributed by atoms with Crippen molar-refractivity contribution in [2.75, 3.05) is 58.3 Å². The molecule has 1 aromatic heterocycles. The summed E-state index contributed by atoms with van der Waals surface area (Å²) in [6.45, 7) is 10.1. The summed E-state index contributed by atoms with van der Waals surface area (Å²) >= 11 is 0. The van der Waals surface area contributed by atoms with E-state index < -0.39 is 0 Å². The van der Waals surface area contributed by atoms with Gasteiger partial charge in [-0.2, -0.15) is 0 Å². The van der Waals surface area contributed by atoms with Crippen LogP contribution in [0.25, 0.3) is 10.9 Å². The minimum absolute atomic E-state index is 0.505. The maximum Gasteiger partial charge on any atom is 0.163 e. The third kappa shape index (κ3) is 6.25. The highest BCUT2D eigenvalue weighted by atomic mass is 16.5. The molecular weight excluding hydrogens is 448 g/mol. The number of ether oxygens (including phenoxy) is 2. The maximum absolute atomic E-state index is 6.28.